The Morgan fingerprint density at radius 2 is 2.03 bits per heavy atom. The minimum absolute atomic E-state index is 0.240. The maximum Gasteiger partial charge on any atom is 0.274 e. The smallest absolute Gasteiger partial charge is 0.274 e. The summed E-state index contributed by atoms with van der Waals surface area (Å²) >= 11 is 1.40. The molecule has 4 aromatic heterocycles. The Kier molecular flexibility index (Phi) is 6.33. The molecule has 3 N–H and O–H groups in total. The molecule has 0 saturated carbocycles. The van der Waals surface area contributed by atoms with Crippen LogP contribution in [0.5, 0.6) is 5.75 Å². The highest BCUT2D eigenvalue weighted by atomic mass is 32.1. The van der Waals surface area contributed by atoms with Crippen LogP contribution in [0.1, 0.15) is 59.1 Å². The predicted molar refractivity (Wildman–Crippen MR) is 138 cm³/mol. The lowest BCUT2D eigenvalue weighted by Gasteiger charge is -2.19. The summed E-state index contributed by atoms with van der Waals surface area (Å²) in [5, 5.41) is 14.0. The van der Waals surface area contributed by atoms with Crippen molar-refractivity contribution in [3.05, 3.63) is 68.3 Å². The van der Waals surface area contributed by atoms with Crippen LogP contribution >= 0.6 is 11.3 Å². The van der Waals surface area contributed by atoms with Crippen LogP contribution in [-0.2, 0) is 12.6 Å². The molecule has 1 atom stereocenters. The van der Waals surface area contributed by atoms with Crippen molar-refractivity contribution in [1.29, 1.82) is 0 Å². The molecular weight excluding hydrogens is 464 g/mol. The molecule has 35 heavy (non-hydrogen) atoms. The number of aliphatic hydroxyl groups is 1. The molecule has 0 aliphatic rings. The lowest BCUT2D eigenvalue weighted by molar-refractivity contribution is 0.0821. The molecule has 4 heterocycles. The summed E-state index contributed by atoms with van der Waals surface area (Å²) in [4.78, 5) is 34.0. The van der Waals surface area contributed by atoms with E-state index in [1.54, 1.807) is 39.4 Å². The zero-order valence-electron chi connectivity index (χ0n) is 20.9. The number of aryl methyl sites for hydroxylation is 3. The van der Waals surface area contributed by atoms with Crippen LogP contribution in [0.2, 0.25) is 0 Å². The lowest BCUT2D eigenvalue weighted by Crippen LogP contribution is -2.19. The number of thiophene rings is 1. The molecule has 0 aliphatic heterocycles. The van der Waals surface area contributed by atoms with Gasteiger partial charge in [-0.2, -0.15) is 0 Å². The molecule has 8 nitrogen and oxygen atoms in total. The van der Waals surface area contributed by atoms with Crippen molar-refractivity contribution in [2.45, 2.75) is 46.3 Å². The van der Waals surface area contributed by atoms with Gasteiger partial charge in [0, 0.05) is 53.6 Å². The van der Waals surface area contributed by atoms with Crippen molar-refractivity contribution in [1.82, 2.24) is 19.9 Å². The molecule has 0 aromatic carbocycles. The Bertz CT molecular complexity index is 1470. The normalized spacial score (nSPS) is 12.7. The largest absolute Gasteiger partial charge is 0.484 e. The van der Waals surface area contributed by atoms with Crippen LogP contribution in [0.15, 0.2) is 35.4 Å². The quantitative estimate of drug-likeness (QED) is 0.370. The molecule has 0 spiro atoms. The number of H-pyrrole nitrogens is 1. The maximum atomic E-state index is 12.8. The van der Waals surface area contributed by atoms with Crippen LogP contribution in [0.25, 0.3) is 21.3 Å². The fraction of sp³-hybridized carbons (Fsp3) is 0.346. The number of rotatable bonds is 6. The van der Waals surface area contributed by atoms with Gasteiger partial charge in [-0.1, -0.05) is 0 Å². The number of aromatic amines is 1. The molecule has 1 unspecified atom stereocenters. The second-order valence-electron chi connectivity index (χ2n) is 9.26. The van der Waals surface area contributed by atoms with Gasteiger partial charge in [0.15, 0.2) is 0 Å². The second kappa shape index (κ2) is 8.98. The molecule has 9 heteroatoms. The number of amides is 1. The van der Waals surface area contributed by atoms with Gasteiger partial charge in [-0.15, -0.1) is 11.3 Å². The highest BCUT2D eigenvalue weighted by Crippen LogP contribution is 2.45. The van der Waals surface area contributed by atoms with Crippen molar-refractivity contribution >= 4 is 28.1 Å². The van der Waals surface area contributed by atoms with Crippen LogP contribution in [0, 0.1) is 13.8 Å². The van der Waals surface area contributed by atoms with E-state index in [0.717, 1.165) is 32.1 Å². The monoisotopic (exact) mass is 494 g/mol. The standard InChI is InChI=1S/C26H30N4O4S/c1-13-8-9-28-14(2)21(13)15(3)34-19-11-20(26(4,5)33)35-23(19)17-12-30(7)25(32)22-16(17)10-18(29-22)24(31)27-6/h8-12,15,29,33H,1-7H3,(H,27,31). The van der Waals surface area contributed by atoms with E-state index < -0.39 is 5.60 Å². The average Bonchev–Trinajstić information content (AvgIpc) is 3.41. The van der Waals surface area contributed by atoms with Crippen molar-refractivity contribution in [2.24, 2.45) is 7.05 Å². The summed E-state index contributed by atoms with van der Waals surface area (Å²) in [7, 11) is 3.21. The van der Waals surface area contributed by atoms with Gasteiger partial charge < -0.3 is 24.7 Å². The molecular formula is C26H30N4O4S. The van der Waals surface area contributed by atoms with Crippen LogP contribution in [-0.4, -0.2) is 32.6 Å². The first-order valence-electron chi connectivity index (χ1n) is 11.3. The molecule has 4 aromatic rings. The van der Waals surface area contributed by atoms with Gasteiger partial charge >= 0.3 is 0 Å². The SMILES string of the molecule is CNC(=O)c1cc2c(-c3sc(C(C)(C)O)cc3OC(C)c3c(C)ccnc3C)cn(C)c(=O)c2[nH]1. The molecule has 0 bridgehead atoms. The highest BCUT2D eigenvalue weighted by Gasteiger charge is 2.27. The molecule has 0 radical (unpaired) electrons. The van der Waals surface area contributed by atoms with E-state index in [4.69, 9.17) is 4.74 Å². The number of nitrogens with one attached hydrogen (secondary N) is 2. The Hall–Kier alpha value is -3.43. The number of carbonyl (C=O) groups is 1. The van der Waals surface area contributed by atoms with E-state index in [-0.39, 0.29) is 17.6 Å². The number of pyridine rings is 2. The Balaban J connectivity index is 1.93. The first-order chi connectivity index (χ1) is 16.4. The zero-order chi connectivity index (χ0) is 25.7. The third-order valence-electron chi connectivity index (χ3n) is 6.10. The van der Waals surface area contributed by atoms with Crippen molar-refractivity contribution in [3.8, 4) is 16.2 Å². The number of fused-ring (bicyclic) bond motifs is 1. The van der Waals surface area contributed by atoms with Gasteiger partial charge in [0.05, 0.1) is 10.5 Å². The van der Waals surface area contributed by atoms with Gasteiger partial charge in [-0.3, -0.25) is 14.6 Å². The maximum absolute atomic E-state index is 12.8. The van der Waals surface area contributed by atoms with E-state index in [9.17, 15) is 14.7 Å². The first-order valence-corrected chi connectivity index (χ1v) is 12.1. The summed E-state index contributed by atoms with van der Waals surface area (Å²) in [6.45, 7) is 9.40. The number of ether oxygens (including phenoxy) is 1. The van der Waals surface area contributed by atoms with Gasteiger partial charge in [-0.25, -0.2) is 0 Å². The highest BCUT2D eigenvalue weighted by molar-refractivity contribution is 7.16. The first kappa shape index (κ1) is 24.7. The van der Waals surface area contributed by atoms with Crippen molar-refractivity contribution in [2.75, 3.05) is 7.05 Å². The average molecular weight is 495 g/mol. The second-order valence-corrected chi connectivity index (χ2v) is 10.3. The molecule has 184 valence electrons. The van der Waals surface area contributed by atoms with E-state index in [2.05, 4.69) is 15.3 Å². The van der Waals surface area contributed by atoms with Gasteiger partial charge in [0.1, 0.15) is 23.1 Å². The van der Waals surface area contributed by atoms with Gasteiger partial charge in [0.2, 0.25) is 0 Å². The fourth-order valence-corrected chi connectivity index (χ4v) is 5.41. The number of hydrogen-bond acceptors (Lipinski definition) is 6. The van der Waals surface area contributed by atoms with E-state index in [0.29, 0.717) is 22.3 Å². The Labute approximate surface area is 207 Å². The van der Waals surface area contributed by atoms with Crippen LogP contribution in [0.3, 0.4) is 0 Å². The molecule has 1 amide bonds. The Morgan fingerprint density at radius 1 is 1.31 bits per heavy atom. The summed E-state index contributed by atoms with van der Waals surface area (Å²) in [6.07, 6.45) is 3.22. The van der Waals surface area contributed by atoms with E-state index in [1.807, 2.05) is 32.9 Å². The molecule has 4 rings (SSSR count). The molecule has 0 fully saturated rings. The third-order valence-corrected chi connectivity index (χ3v) is 7.56. The predicted octanol–water partition coefficient (Wildman–Crippen LogP) is 4.33. The van der Waals surface area contributed by atoms with Crippen molar-refractivity contribution in [3.63, 3.8) is 0 Å². The van der Waals surface area contributed by atoms with Gasteiger partial charge in [0.25, 0.3) is 11.5 Å². The summed E-state index contributed by atoms with van der Waals surface area (Å²) in [6, 6.07) is 5.48. The molecule has 0 aliphatic carbocycles. The van der Waals surface area contributed by atoms with Crippen LogP contribution in [0.4, 0.5) is 0 Å². The number of nitrogens with zero attached hydrogens (tertiary/aromatic N) is 2. The fourth-order valence-electron chi connectivity index (χ4n) is 4.29. The number of hydrogen-bond donors (Lipinski definition) is 3. The third kappa shape index (κ3) is 4.49. The topological polar surface area (TPSA) is 109 Å². The zero-order valence-corrected chi connectivity index (χ0v) is 21.8. The van der Waals surface area contributed by atoms with E-state index in [1.165, 1.54) is 23.0 Å². The minimum Gasteiger partial charge on any atom is -0.484 e. The van der Waals surface area contributed by atoms with Crippen molar-refractivity contribution < 1.29 is 14.6 Å². The van der Waals surface area contributed by atoms with Crippen LogP contribution < -0.4 is 15.6 Å². The summed E-state index contributed by atoms with van der Waals surface area (Å²) in [5.41, 5.74) is 3.01. The minimum atomic E-state index is -1.09. The van der Waals surface area contributed by atoms with Gasteiger partial charge in [-0.05, 0) is 58.4 Å². The van der Waals surface area contributed by atoms with E-state index >= 15 is 0 Å². The lowest BCUT2D eigenvalue weighted by atomic mass is 10.0. The summed E-state index contributed by atoms with van der Waals surface area (Å²) < 4.78 is 7.98. The number of aromatic nitrogens is 3. The summed E-state index contributed by atoms with van der Waals surface area (Å²) in [5.74, 6) is 0.273. The number of carbonyl (C=O) groups excluding carboxylic acids is 1. The Morgan fingerprint density at radius 3 is 2.66 bits per heavy atom. The molecule has 0 saturated heterocycles.